The molecule has 2 aromatic rings. The molecule has 1 amide bonds. The Morgan fingerprint density at radius 2 is 2.17 bits per heavy atom. The quantitative estimate of drug-likeness (QED) is 0.574. The average Bonchev–Trinajstić information content (AvgIpc) is 3.03. The molecule has 0 radical (unpaired) electrons. The summed E-state index contributed by atoms with van der Waals surface area (Å²) in [6.07, 6.45) is 4.55. The van der Waals surface area contributed by atoms with Gasteiger partial charge >= 0.3 is 0 Å². The third-order valence-electron chi connectivity index (χ3n) is 3.88. The van der Waals surface area contributed by atoms with Crippen LogP contribution >= 0.6 is 0 Å². The number of aromatic amines is 1. The van der Waals surface area contributed by atoms with Crippen LogP contribution in [0.25, 0.3) is 0 Å². The smallest absolute Gasteiger partial charge is 0.272 e. The van der Waals surface area contributed by atoms with E-state index in [0.29, 0.717) is 18.8 Å². The Bertz CT molecular complexity index is 639. The monoisotopic (exact) mass is 314 g/mol. The van der Waals surface area contributed by atoms with Crippen LogP contribution in [0.2, 0.25) is 0 Å². The number of hydrogen-bond donors (Lipinski definition) is 4. The van der Waals surface area contributed by atoms with Crippen LogP contribution in [-0.2, 0) is 13.0 Å². The predicted octanol–water partition coefficient (Wildman–Crippen LogP) is 1.07. The van der Waals surface area contributed by atoms with E-state index in [1.807, 2.05) is 18.2 Å². The molecule has 0 saturated carbocycles. The minimum Gasteiger partial charge on any atom is -0.370 e. The second kappa shape index (κ2) is 7.73. The molecule has 0 fully saturated rings. The molecule has 2 aromatic heterocycles. The van der Waals surface area contributed by atoms with Gasteiger partial charge in [0.15, 0.2) is 5.69 Å². The van der Waals surface area contributed by atoms with Crippen LogP contribution in [0.5, 0.6) is 0 Å². The van der Waals surface area contributed by atoms with Gasteiger partial charge in [-0.05, 0) is 25.0 Å². The number of anilines is 1. The van der Waals surface area contributed by atoms with E-state index in [9.17, 15) is 4.79 Å². The minimum absolute atomic E-state index is 0.0936. The van der Waals surface area contributed by atoms with Crippen LogP contribution in [-0.4, -0.2) is 40.7 Å². The molecule has 0 atom stereocenters. The Morgan fingerprint density at radius 1 is 1.26 bits per heavy atom. The molecule has 0 spiro atoms. The highest BCUT2D eigenvalue weighted by Gasteiger charge is 2.20. The molecule has 0 aromatic carbocycles. The number of nitrogens with zero attached hydrogens (tertiary/aromatic N) is 2. The summed E-state index contributed by atoms with van der Waals surface area (Å²) >= 11 is 0. The third-order valence-corrected chi connectivity index (χ3v) is 3.88. The second-order valence-corrected chi connectivity index (χ2v) is 5.56. The maximum atomic E-state index is 12.2. The van der Waals surface area contributed by atoms with Crippen molar-refractivity contribution in [3.8, 4) is 0 Å². The van der Waals surface area contributed by atoms with Gasteiger partial charge in [-0.1, -0.05) is 6.07 Å². The summed E-state index contributed by atoms with van der Waals surface area (Å²) in [4.78, 5) is 16.4. The molecule has 122 valence electrons. The summed E-state index contributed by atoms with van der Waals surface area (Å²) in [5.41, 5.74) is 2.61. The standard InChI is InChI=1S/C16H22N6O/c23-16(15-12-11-17-10-6-13(12)21-22-15)20-9-4-3-8-19-14-5-1-2-7-18-14/h1-2,5,7,17H,3-4,6,8-11H2,(H,18,19)(H,20,23)(H,21,22). The van der Waals surface area contributed by atoms with Crippen LogP contribution in [0.1, 0.15) is 34.6 Å². The van der Waals surface area contributed by atoms with Crippen molar-refractivity contribution >= 4 is 11.7 Å². The SMILES string of the molecule is O=C(NCCCCNc1ccccn1)c1n[nH]c2c1CNCC2. The number of aromatic nitrogens is 3. The van der Waals surface area contributed by atoms with Gasteiger partial charge in [-0.25, -0.2) is 4.98 Å². The fourth-order valence-electron chi connectivity index (χ4n) is 2.63. The van der Waals surface area contributed by atoms with Gasteiger partial charge in [0.2, 0.25) is 0 Å². The Kier molecular flexibility index (Phi) is 5.21. The molecule has 7 heteroatoms. The Hall–Kier alpha value is -2.41. The van der Waals surface area contributed by atoms with Crippen LogP contribution in [0.4, 0.5) is 5.82 Å². The molecule has 7 nitrogen and oxygen atoms in total. The molecular formula is C16H22N6O. The van der Waals surface area contributed by atoms with Crippen LogP contribution < -0.4 is 16.0 Å². The highest BCUT2D eigenvalue weighted by molar-refractivity contribution is 5.94. The highest BCUT2D eigenvalue weighted by Crippen LogP contribution is 2.14. The van der Waals surface area contributed by atoms with E-state index in [-0.39, 0.29) is 5.91 Å². The number of rotatable bonds is 7. The average molecular weight is 314 g/mol. The van der Waals surface area contributed by atoms with Gasteiger partial charge in [-0.2, -0.15) is 5.10 Å². The number of pyridine rings is 1. The number of carbonyl (C=O) groups excluding carboxylic acids is 1. The molecule has 1 aliphatic rings. The van der Waals surface area contributed by atoms with E-state index < -0.39 is 0 Å². The highest BCUT2D eigenvalue weighted by atomic mass is 16.1. The van der Waals surface area contributed by atoms with Crippen LogP contribution in [0, 0.1) is 0 Å². The number of hydrogen-bond acceptors (Lipinski definition) is 5. The molecule has 0 unspecified atom stereocenters. The first kappa shape index (κ1) is 15.5. The molecule has 0 saturated heterocycles. The fraction of sp³-hybridized carbons (Fsp3) is 0.438. The lowest BCUT2D eigenvalue weighted by Crippen LogP contribution is -2.29. The molecule has 23 heavy (non-hydrogen) atoms. The van der Waals surface area contributed by atoms with Crippen molar-refractivity contribution < 1.29 is 4.79 Å². The predicted molar refractivity (Wildman–Crippen MR) is 88.3 cm³/mol. The van der Waals surface area contributed by atoms with Gasteiger partial charge in [-0.15, -0.1) is 0 Å². The maximum absolute atomic E-state index is 12.2. The van der Waals surface area contributed by atoms with Crippen molar-refractivity contribution in [3.63, 3.8) is 0 Å². The van der Waals surface area contributed by atoms with E-state index in [1.54, 1.807) is 6.20 Å². The number of amides is 1. The van der Waals surface area contributed by atoms with Crippen molar-refractivity contribution in [2.45, 2.75) is 25.8 Å². The molecule has 3 heterocycles. The number of H-pyrrole nitrogens is 1. The van der Waals surface area contributed by atoms with Crippen LogP contribution in [0.3, 0.4) is 0 Å². The lowest BCUT2D eigenvalue weighted by atomic mass is 10.1. The zero-order chi connectivity index (χ0) is 15.9. The van der Waals surface area contributed by atoms with E-state index in [1.165, 1.54) is 0 Å². The molecule has 0 bridgehead atoms. The summed E-state index contributed by atoms with van der Waals surface area (Å²) in [5, 5.41) is 16.6. The molecular weight excluding hydrogens is 292 g/mol. The lowest BCUT2D eigenvalue weighted by molar-refractivity contribution is 0.0947. The van der Waals surface area contributed by atoms with Crippen LogP contribution in [0.15, 0.2) is 24.4 Å². The Morgan fingerprint density at radius 3 is 3.04 bits per heavy atom. The van der Waals surface area contributed by atoms with Gasteiger partial charge in [0.25, 0.3) is 5.91 Å². The molecule has 0 aliphatic carbocycles. The topological polar surface area (TPSA) is 94.7 Å². The Labute approximate surface area is 135 Å². The number of nitrogens with one attached hydrogen (secondary N) is 4. The van der Waals surface area contributed by atoms with Crippen molar-refractivity contribution in [1.29, 1.82) is 0 Å². The van der Waals surface area contributed by atoms with Crippen molar-refractivity contribution in [1.82, 2.24) is 25.8 Å². The first-order chi connectivity index (χ1) is 11.3. The third kappa shape index (κ3) is 4.07. The first-order valence-electron chi connectivity index (χ1n) is 8.04. The Balaban J connectivity index is 1.36. The zero-order valence-electron chi connectivity index (χ0n) is 13.1. The van der Waals surface area contributed by atoms with Crippen molar-refractivity contribution in [3.05, 3.63) is 41.3 Å². The first-order valence-corrected chi connectivity index (χ1v) is 8.04. The molecule has 3 rings (SSSR count). The lowest BCUT2D eigenvalue weighted by Gasteiger charge is -2.12. The van der Waals surface area contributed by atoms with Gasteiger partial charge in [0.05, 0.1) is 0 Å². The van der Waals surface area contributed by atoms with E-state index in [0.717, 1.165) is 49.4 Å². The number of unbranched alkanes of at least 4 members (excludes halogenated alkanes) is 1. The second-order valence-electron chi connectivity index (χ2n) is 5.56. The van der Waals surface area contributed by atoms with E-state index >= 15 is 0 Å². The number of fused-ring (bicyclic) bond motifs is 1. The summed E-state index contributed by atoms with van der Waals surface area (Å²) < 4.78 is 0. The van der Waals surface area contributed by atoms with Gasteiger partial charge in [-0.3, -0.25) is 9.89 Å². The summed E-state index contributed by atoms with van der Waals surface area (Å²) in [7, 11) is 0. The van der Waals surface area contributed by atoms with Crippen molar-refractivity contribution in [2.75, 3.05) is 25.0 Å². The summed E-state index contributed by atoms with van der Waals surface area (Å²) in [6.45, 7) is 3.13. The summed E-state index contributed by atoms with van der Waals surface area (Å²) in [5.74, 6) is 0.788. The minimum atomic E-state index is -0.0936. The molecule has 4 N–H and O–H groups in total. The van der Waals surface area contributed by atoms with Gasteiger partial charge in [0, 0.05) is 50.1 Å². The van der Waals surface area contributed by atoms with Gasteiger partial charge < -0.3 is 16.0 Å². The van der Waals surface area contributed by atoms with E-state index in [2.05, 4.69) is 31.1 Å². The largest absolute Gasteiger partial charge is 0.370 e. The maximum Gasteiger partial charge on any atom is 0.272 e. The number of carbonyl (C=O) groups is 1. The van der Waals surface area contributed by atoms with Crippen molar-refractivity contribution in [2.24, 2.45) is 0 Å². The molecule has 1 aliphatic heterocycles. The zero-order valence-corrected chi connectivity index (χ0v) is 13.1. The summed E-state index contributed by atoms with van der Waals surface area (Å²) in [6, 6.07) is 5.79. The van der Waals surface area contributed by atoms with E-state index in [4.69, 9.17) is 0 Å². The fourth-order valence-corrected chi connectivity index (χ4v) is 2.63. The van der Waals surface area contributed by atoms with Gasteiger partial charge in [0.1, 0.15) is 5.82 Å². The normalized spacial score (nSPS) is 13.4.